The van der Waals surface area contributed by atoms with Crippen LogP contribution in [-0.4, -0.2) is 43.5 Å². The lowest BCUT2D eigenvalue weighted by atomic mass is 10.1. The van der Waals surface area contributed by atoms with Gasteiger partial charge in [-0.1, -0.05) is 0 Å². The summed E-state index contributed by atoms with van der Waals surface area (Å²) in [7, 11) is 1.55. The number of carbonyl (C=O) groups is 3. The molecule has 0 aromatic heterocycles. The number of methoxy groups -OCH3 is 1. The summed E-state index contributed by atoms with van der Waals surface area (Å²) in [5.41, 5.74) is 0.514. The maximum Gasteiger partial charge on any atom is 0.251 e. The van der Waals surface area contributed by atoms with Crippen molar-refractivity contribution in [3.8, 4) is 5.75 Å². The van der Waals surface area contributed by atoms with E-state index in [-0.39, 0.29) is 24.1 Å². The van der Waals surface area contributed by atoms with E-state index in [0.29, 0.717) is 24.4 Å². The number of hydrogen-bond donors (Lipinski definition) is 2. The minimum absolute atomic E-state index is 0.0641. The molecule has 7 heteroatoms. The van der Waals surface area contributed by atoms with Gasteiger partial charge >= 0.3 is 0 Å². The number of rotatable bonds is 4. The summed E-state index contributed by atoms with van der Waals surface area (Å²) in [5, 5.41) is 5.89. The van der Waals surface area contributed by atoms with Crippen molar-refractivity contribution in [1.29, 1.82) is 0 Å². The van der Waals surface area contributed by atoms with Crippen molar-refractivity contribution >= 4 is 23.4 Å². The van der Waals surface area contributed by atoms with Crippen LogP contribution in [0.3, 0.4) is 0 Å². The lowest BCUT2D eigenvalue weighted by Crippen LogP contribution is -2.50. The number of hydrogen-bond acceptors (Lipinski definition) is 5. The molecule has 3 rings (SSSR count). The second-order valence-electron chi connectivity index (χ2n) is 6.03. The average molecular weight is 331 g/mol. The monoisotopic (exact) mass is 331 g/mol. The quantitative estimate of drug-likeness (QED) is 0.788. The number of nitrogens with zero attached hydrogens (tertiary/aromatic N) is 1. The molecular formula is C17H21N3O4. The van der Waals surface area contributed by atoms with Gasteiger partial charge in [0.25, 0.3) is 5.91 Å². The van der Waals surface area contributed by atoms with Gasteiger partial charge in [-0.2, -0.15) is 0 Å². The zero-order valence-corrected chi connectivity index (χ0v) is 13.6. The Morgan fingerprint density at radius 2 is 1.88 bits per heavy atom. The largest absolute Gasteiger partial charge is 0.497 e. The second-order valence-corrected chi connectivity index (χ2v) is 6.03. The molecule has 2 aliphatic heterocycles. The third-order valence-corrected chi connectivity index (χ3v) is 4.41. The first kappa shape index (κ1) is 16.4. The highest BCUT2D eigenvalue weighted by Crippen LogP contribution is 2.25. The number of imide groups is 1. The van der Waals surface area contributed by atoms with Crippen LogP contribution in [0.15, 0.2) is 24.3 Å². The van der Waals surface area contributed by atoms with E-state index in [1.807, 2.05) is 0 Å². The van der Waals surface area contributed by atoms with Gasteiger partial charge < -0.3 is 10.1 Å². The van der Waals surface area contributed by atoms with E-state index in [2.05, 4.69) is 10.6 Å². The van der Waals surface area contributed by atoms with Crippen molar-refractivity contribution in [3.05, 3.63) is 24.3 Å². The molecule has 0 radical (unpaired) electrons. The van der Waals surface area contributed by atoms with Crippen molar-refractivity contribution in [2.75, 3.05) is 18.6 Å². The number of carbonyl (C=O) groups excluding carboxylic acids is 3. The van der Waals surface area contributed by atoms with Crippen LogP contribution in [0.2, 0.25) is 0 Å². The molecule has 0 spiro atoms. The molecule has 2 N–H and O–H groups in total. The molecule has 2 heterocycles. The van der Waals surface area contributed by atoms with Crippen molar-refractivity contribution in [1.82, 2.24) is 10.6 Å². The Labute approximate surface area is 140 Å². The fourth-order valence-electron chi connectivity index (χ4n) is 3.11. The molecule has 0 bridgehead atoms. The topological polar surface area (TPSA) is 87.7 Å². The third kappa shape index (κ3) is 3.26. The molecule has 2 atom stereocenters. The van der Waals surface area contributed by atoms with Crippen LogP contribution in [-0.2, 0) is 14.4 Å². The Bertz CT molecular complexity index is 644. The normalized spacial score (nSPS) is 24.7. The van der Waals surface area contributed by atoms with Gasteiger partial charge in [-0.15, -0.1) is 0 Å². The highest BCUT2D eigenvalue weighted by atomic mass is 16.5. The highest BCUT2D eigenvalue weighted by Gasteiger charge is 2.41. The molecule has 0 saturated carbocycles. The maximum atomic E-state index is 12.6. The van der Waals surface area contributed by atoms with E-state index in [0.717, 1.165) is 12.8 Å². The Morgan fingerprint density at radius 1 is 1.12 bits per heavy atom. The van der Waals surface area contributed by atoms with Crippen LogP contribution >= 0.6 is 0 Å². The van der Waals surface area contributed by atoms with E-state index >= 15 is 0 Å². The molecule has 7 nitrogen and oxygen atoms in total. The highest BCUT2D eigenvalue weighted by molar-refractivity contribution is 6.22. The summed E-state index contributed by atoms with van der Waals surface area (Å²) in [6, 6.07) is 5.67. The van der Waals surface area contributed by atoms with Crippen molar-refractivity contribution in [2.45, 2.75) is 37.8 Å². The van der Waals surface area contributed by atoms with E-state index in [9.17, 15) is 14.4 Å². The maximum absolute atomic E-state index is 12.6. The Morgan fingerprint density at radius 3 is 2.58 bits per heavy atom. The van der Waals surface area contributed by atoms with Gasteiger partial charge in [-0.05, 0) is 43.5 Å². The summed E-state index contributed by atoms with van der Waals surface area (Å²) in [5.74, 6) is -0.0304. The molecule has 2 fully saturated rings. The molecule has 2 saturated heterocycles. The van der Waals surface area contributed by atoms with E-state index in [4.69, 9.17) is 4.74 Å². The summed E-state index contributed by atoms with van der Waals surface area (Å²) in [6.45, 7) is 0.659. The zero-order chi connectivity index (χ0) is 17.1. The molecule has 24 heavy (non-hydrogen) atoms. The SMILES string of the molecule is COc1ccc(N2C(=O)C[C@H](N[C@@H]3CCCCNC3=O)C2=O)cc1. The molecule has 3 amide bonds. The Kier molecular flexibility index (Phi) is 4.80. The second kappa shape index (κ2) is 7.00. The lowest BCUT2D eigenvalue weighted by molar-refractivity contribution is -0.123. The van der Waals surface area contributed by atoms with Crippen LogP contribution in [0.4, 0.5) is 5.69 Å². The standard InChI is InChI=1S/C17H21N3O4/c1-24-12-7-5-11(6-8-12)20-15(21)10-14(17(20)23)19-13-4-2-3-9-18-16(13)22/h5-8,13-14,19H,2-4,9-10H2,1H3,(H,18,22)/t13-,14+/m1/s1. The van der Waals surface area contributed by atoms with Crippen LogP contribution < -0.4 is 20.3 Å². The van der Waals surface area contributed by atoms with E-state index in [1.165, 1.54) is 4.90 Å². The molecule has 128 valence electrons. The van der Waals surface area contributed by atoms with Gasteiger partial charge in [0.05, 0.1) is 31.3 Å². The lowest BCUT2D eigenvalue weighted by Gasteiger charge is -2.20. The molecular weight excluding hydrogens is 310 g/mol. The van der Waals surface area contributed by atoms with Gasteiger partial charge in [-0.25, -0.2) is 4.90 Å². The molecule has 1 aromatic rings. The zero-order valence-electron chi connectivity index (χ0n) is 13.6. The van der Waals surface area contributed by atoms with Gasteiger partial charge in [0.1, 0.15) is 5.75 Å². The number of amides is 3. The summed E-state index contributed by atoms with van der Waals surface area (Å²) in [4.78, 5) is 38.1. The fraction of sp³-hybridized carbons (Fsp3) is 0.471. The first-order chi connectivity index (χ1) is 11.6. The molecule has 1 aromatic carbocycles. The third-order valence-electron chi connectivity index (χ3n) is 4.41. The van der Waals surface area contributed by atoms with Crippen LogP contribution in [0.1, 0.15) is 25.7 Å². The Balaban J connectivity index is 1.72. The minimum Gasteiger partial charge on any atom is -0.497 e. The van der Waals surface area contributed by atoms with Gasteiger partial charge in [0.15, 0.2) is 0 Å². The van der Waals surface area contributed by atoms with E-state index in [1.54, 1.807) is 31.4 Å². The summed E-state index contributed by atoms with van der Waals surface area (Å²) >= 11 is 0. The predicted molar refractivity (Wildman–Crippen MR) is 87.7 cm³/mol. The van der Waals surface area contributed by atoms with Gasteiger partial charge in [0.2, 0.25) is 11.8 Å². The number of anilines is 1. The predicted octanol–water partition coefficient (Wildman–Crippen LogP) is 0.585. The Hall–Kier alpha value is -2.41. The smallest absolute Gasteiger partial charge is 0.251 e. The number of nitrogens with one attached hydrogen (secondary N) is 2. The number of ether oxygens (including phenoxy) is 1. The van der Waals surface area contributed by atoms with Crippen molar-refractivity contribution < 1.29 is 19.1 Å². The molecule has 2 aliphatic rings. The number of benzene rings is 1. The minimum atomic E-state index is -0.659. The molecule has 0 unspecified atom stereocenters. The first-order valence-corrected chi connectivity index (χ1v) is 8.15. The van der Waals surface area contributed by atoms with Gasteiger partial charge in [0, 0.05) is 6.54 Å². The molecule has 0 aliphatic carbocycles. The first-order valence-electron chi connectivity index (χ1n) is 8.15. The summed E-state index contributed by atoms with van der Waals surface area (Å²) in [6.07, 6.45) is 2.58. The van der Waals surface area contributed by atoms with Crippen molar-refractivity contribution in [2.24, 2.45) is 0 Å². The van der Waals surface area contributed by atoms with Crippen molar-refractivity contribution in [3.63, 3.8) is 0 Å². The van der Waals surface area contributed by atoms with Crippen LogP contribution in [0.25, 0.3) is 0 Å². The summed E-state index contributed by atoms with van der Waals surface area (Å²) < 4.78 is 5.09. The van der Waals surface area contributed by atoms with Crippen LogP contribution in [0, 0.1) is 0 Å². The average Bonchev–Trinajstić information content (AvgIpc) is 2.73. The van der Waals surface area contributed by atoms with Crippen LogP contribution in [0.5, 0.6) is 5.75 Å². The van der Waals surface area contributed by atoms with Gasteiger partial charge in [-0.3, -0.25) is 19.7 Å². The fourth-order valence-corrected chi connectivity index (χ4v) is 3.11. The van der Waals surface area contributed by atoms with E-state index < -0.39 is 12.1 Å².